The van der Waals surface area contributed by atoms with Crippen molar-refractivity contribution >= 4 is 5.97 Å². The third-order valence-corrected chi connectivity index (χ3v) is 1.10. The number of hydrogen-bond acceptors (Lipinski definition) is 3. The van der Waals surface area contributed by atoms with E-state index < -0.39 is 5.97 Å². The fourth-order valence-electron chi connectivity index (χ4n) is 0.655. The van der Waals surface area contributed by atoms with E-state index in [1.54, 1.807) is 0 Å². The lowest BCUT2D eigenvalue weighted by Gasteiger charge is -1.97. The summed E-state index contributed by atoms with van der Waals surface area (Å²) in [5.74, 6) is -1.09. The minimum absolute atomic E-state index is 0.0255. The molecule has 0 aromatic carbocycles. The lowest BCUT2D eigenvalue weighted by atomic mass is 10.6. The predicted molar refractivity (Wildman–Crippen MR) is 33.4 cm³/mol. The van der Waals surface area contributed by atoms with Crippen LogP contribution in [0.5, 0.6) is 0 Å². The van der Waals surface area contributed by atoms with Crippen LogP contribution in [0.4, 0.5) is 0 Å². The summed E-state index contributed by atoms with van der Waals surface area (Å²) in [6.07, 6.45) is 2.92. The molecule has 0 radical (unpaired) electrons. The molecule has 0 saturated carbocycles. The van der Waals surface area contributed by atoms with E-state index in [-0.39, 0.29) is 12.5 Å². The van der Waals surface area contributed by atoms with Crippen molar-refractivity contribution in [1.82, 2.24) is 9.55 Å². The van der Waals surface area contributed by atoms with Gasteiger partial charge in [0.2, 0.25) is 5.82 Å². The number of hydrogen-bond donors (Lipinski definition) is 2. The van der Waals surface area contributed by atoms with E-state index >= 15 is 0 Å². The van der Waals surface area contributed by atoms with Gasteiger partial charge in [0.05, 0.1) is 6.67 Å². The molecule has 0 spiro atoms. The van der Waals surface area contributed by atoms with Crippen LogP contribution in [0.15, 0.2) is 12.4 Å². The molecule has 54 valence electrons. The maximum Gasteiger partial charge on any atom is 0.372 e. The van der Waals surface area contributed by atoms with Crippen LogP contribution in [0.3, 0.4) is 0 Å². The quantitative estimate of drug-likeness (QED) is 0.581. The molecule has 0 aliphatic carbocycles. The Balaban J connectivity index is 3.01. The Morgan fingerprint density at radius 3 is 3.00 bits per heavy atom. The Bertz CT molecular complexity index is 243. The van der Waals surface area contributed by atoms with Gasteiger partial charge in [-0.15, -0.1) is 0 Å². The molecule has 1 rings (SSSR count). The molecule has 0 bridgehead atoms. The molecule has 0 aliphatic heterocycles. The fourth-order valence-corrected chi connectivity index (χ4v) is 0.655. The van der Waals surface area contributed by atoms with Gasteiger partial charge in [-0.05, 0) is 0 Å². The number of imidazole rings is 1. The molecular weight excluding hydrogens is 134 g/mol. The number of rotatable bonds is 2. The first-order valence-electron chi connectivity index (χ1n) is 2.70. The third-order valence-electron chi connectivity index (χ3n) is 1.10. The lowest BCUT2D eigenvalue weighted by molar-refractivity contribution is 0.0678. The predicted octanol–water partition coefficient (Wildman–Crippen LogP) is -0.503. The number of aromatic carboxylic acids is 1. The number of aromatic nitrogens is 2. The highest BCUT2D eigenvalue weighted by Crippen LogP contribution is 1.93. The van der Waals surface area contributed by atoms with E-state index in [1.807, 2.05) is 0 Å². The largest absolute Gasteiger partial charge is 0.475 e. The molecule has 10 heavy (non-hydrogen) atoms. The van der Waals surface area contributed by atoms with Gasteiger partial charge < -0.3 is 15.4 Å². The van der Waals surface area contributed by atoms with Gasteiger partial charge in [-0.2, -0.15) is 0 Å². The molecule has 0 atom stereocenters. The van der Waals surface area contributed by atoms with Gasteiger partial charge >= 0.3 is 5.97 Å². The lowest BCUT2D eigenvalue weighted by Crippen LogP contribution is -2.13. The Kier molecular flexibility index (Phi) is 1.68. The zero-order valence-corrected chi connectivity index (χ0v) is 5.19. The summed E-state index contributed by atoms with van der Waals surface area (Å²) < 4.78 is 1.35. The number of nitrogens with two attached hydrogens (primary N) is 1. The molecule has 0 unspecified atom stereocenters. The van der Waals surface area contributed by atoms with Crippen LogP contribution in [0.2, 0.25) is 0 Å². The van der Waals surface area contributed by atoms with E-state index in [9.17, 15) is 4.79 Å². The summed E-state index contributed by atoms with van der Waals surface area (Å²) in [6.45, 7) is 0.141. The van der Waals surface area contributed by atoms with Crippen LogP contribution >= 0.6 is 0 Å². The second kappa shape index (κ2) is 2.49. The van der Waals surface area contributed by atoms with Crippen molar-refractivity contribution < 1.29 is 9.90 Å². The molecule has 5 nitrogen and oxygen atoms in total. The van der Waals surface area contributed by atoms with Gasteiger partial charge in [0.1, 0.15) is 0 Å². The summed E-state index contributed by atoms with van der Waals surface area (Å²) in [5, 5.41) is 8.45. The molecular formula is C5H7N3O2. The maximum absolute atomic E-state index is 10.3. The molecule has 5 heteroatoms. The normalized spacial score (nSPS) is 9.70. The monoisotopic (exact) mass is 141 g/mol. The zero-order valence-electron chi connectivity index (χ0n) is 5.19. The average molecular weight is 141 g/mol. The van der Waals surface area contributed by atoms with Gasteiger partial charge in [0.25, 0.3) is 0 Å². The van der Waals surface area contributed by atoms with Crippen molar-refractivity contribution in [2.45, 2.75) is 6.67 Å². The maximum atomic E-state index is 10.3. The van der Waals surface area contributed by atoms with Crippen molar-refractivity contribution in [3.05, 3.63) is 18.2 Å². The molecule has 0 fully saturated rings. The van der Waals surface area contributed by atoms with E-state index in [0.717, 1.165) is 0 Å². The molecule has 1 aromatic heterocycles. The minimum atomic E-state index is -1.06. The highest BCUT2D eigenvalue weighted by molar-refractivity contribution is 5.83. The summed E-state index contributed by atoms with van der Waals surface area (Å²) in [5.41, 5.74) is 5.19. The number of carboxylic acids is 1. The first kappa shape index (κ1) is 6.76. The first-order chi connectivity index (χ1) is 4.75. The van der Waals surface area contributed by atoms with Crippen molar-refractivity contribution in [2.75, 3.05) is 0 Å². The average Bonchev–Trinajstić information content (AvgIpc) is 2.33. The summed E-state index contributed by atoms with van der Waals surface area (Å²) in [6, 6.07) is 0. The van der Waals surface area contributed by atoms with Crippen molar-refractivity contribution in [1.29, 1.82) is 0 Å². The Hall–Kier alpha value is -1.36. The Morgan fingerprint density at radius 1 is 1.90 bits per heavy atom. The summed E-state index contributed by atoms with van der Waals surface area (Å²) in [7, 11) is 0. The van der Waals surface area contributed by atoms with E-state index in [1.165, 1.54) is 17.0 Å². The third kappa shape index (κ3) is 0.985. The molecule has 0 saturated heterocycles. The summed E-state index contributed by atoms with van der Waals surface area (Å²) in [4.78, 5) is 13.9. The van der Waals surface area contributed by atoms with Crippen molar-refractivity contribution in [2.24, 2.45) is 5.73 Å². The highest BCUT2D eigenvalue weighted by atomic mass is 16.4. The molecule has 0 amide bonds. The van der Waals surface area contributed by atoms with Crippen LogP contribution in [-0.2, 0) is 6.67 Å². The van der Waals surface area contributed by atoms with Crippen LogP contribution in [0, 0.1) is 0 Å². The smallest absolute Gasteiger partial charge is 0.372 e. The van der Waals surface area contributed by atoms with E-state index in [2.05, 4.69) is 4.98 Å². The molecule has 1 heterocycles. The van der Waals surface area contributed by atoms with Gasteiger partial charge in [0.15, 0.2) is 0 Å². The number of carboxylic acid groups (broad SMARTS) is 1. The second-order valence-corrected chi connectivity index (χ2v) is 1.71. The van der Waals surface area contributed by atoms with Crippen LogP contribution in [0.1, 0.15) is 10.6 Å². The second-order valence-electron chi connectivity index (χ2n) is 1.71. The SMILES string of the molecule is NCn1ccnc1C(=O)O. The van der Waals surface area contributed by atoms with Gasteiger partial charge in [-0.3, -0.25) is 0 Å². The Labute approximate surface area is 57.1 Å². The topological polar surface area (TPSA) is 81.1 Å². The Morgan fingerprint density at radius 2 is 2.60 bits per heavy atom. The highest BCUT2D eigenvalue weighted by Gasteiger charge is 2.07. The fraction of sp³-hybridized carbons (Fsp3) is 0.200. The van der Waals surface area contributed by atoms with E-state index in [0.29, 0.717) is 0 Å². The van der Waals surface area contributed by atoms with Crippen molar-refractivity contribution in [3.8, 4) is 0 Å². The van der Waals surface area contributed by atoms with E-state index in [4.69, 9.17) is 10.8 Å². The molecule has 0 aliphatic rings. The molecule has 3 N–H and O–H groups in total. The zero-order chi connectivity index (χ0) is 7.56. The van der Waals surface area contributed by atoms with Gasteiger partial charge in [-0.1, -0.05) is 0 Å². The minimum Gasteiger partial charge on any atom is -0.475 e. The van der Waals surface area contributed by atoms with Crippen LogP contribution in [0.25, 0.3) is 0 Å². The molecule has 1 aromatic rings. The first-order valence-corrected chi connectivity index (χ1v) is 2.70. The van der Waals surface area contributed by atoms with Gasteiger partial charge in [-0.25, -0.2) is 9.78 Å². The number of nitrogens with zero attached hydrogens (tertiary/aromatic N) is 2. The standard InChI is InChI=1S/C5H7N3O2/c6-3-8-2-1-7-4(8)5(9)10/h1-2H,3,6H2,(H,9,10). The number of carbonyl (C=O) groups is 1. The van der Waals surface area contributed by atoms with Crippen molar-refractivity contribution in [3.63, 3.8) is 0 Å². The van der Waals surface area contributed by atoms with Crippen LogP contribution in [-0.4, -0.2) is 20.6 Å². The van der Waals surface area contributed by atoms with Gasteiger partial charge in [0, 0.05) is 12.4 Å². The van der Waals surface area contributed by atoms with Crippen LogP contribution < -0.4 is 5.73 Å². The summed E-state index contributed by atoms with van der Waals surface area (Å²) >= 11 is 0.